The number of nitrogens with two attached hydrogens (primary N) is 1. The molecule has 0 radical (unpaired) electrons. The van der Waals surface area contributed by atoms with Crippen LogP contribution in [0.2, 0.25) is 0 Å². The van der Waals surface area contributed by atoms with Crippen LogP contribution in [-0.4, -0.2) is 29.0 Å². The van der Waals surface area contributed by atoms with Crippen LogP contribution in [0.3, 0.4) is 0 Å². The summed E-state index contributed by atoms with van der Waals surface area (Å²) in [7, 11) is 0. The highest BCUT2D eigenvalue weighted by molar-refractivity contribution is 7.13. The van der Waals surface area contributed by atoms with E-state index in [9.17, 15) is 4.79 Å². The number of hydrogen-bond acceptors (Lipinski definition) is 4. The maximum absolute atomic E-state index is 11.7. The van der Waals surface area contributed by atoms with E-state index in [4.69, 9.17) is 5.73 Å². The van der Waals surface area contributed by atoms with Gasteiger partial charge in [0.15, 0.2) is 5.13 Å². The number of hydrogen-bond donors (Lipinski definition) is 2. The fourth-order valence-electron chi connectivity index (χ4n) is 1.64. The summed E-state index contributed by atoms with van der Waals surface area (Å²) in [6.07, 6.45) is 2.19. The number of thiazole rings is 1. The number of urea groups is 1. The molecule has 1 aromatic rings. The Labute approximate surface area is 98.7 Å². The largest absolute Gasteiger partial charge is 0.324 e. The van der Waals surface area contributed by atoms with Crippen molar-refractivity contribution in [1.82, 2.24) is 9.88 Å². The highest BCUT2D eigenvalue weighted by atomic mass is 32.1. The molecule has 0 aliphatic carbocycles. The number of carbonyl (C=O) groups is 1. The molecule has 0 bridgehead atoms. The van der Waals surface area contributed by atoms with Crippen LogP contribution in [0.5, 0.6) is 0 Å². The van der Waals surface area contributed by atoms with Gasteiger partial charge in [0.05, 0.1) is 5.69 Å². The molecule has 5 nitrogen and oxygen atoms in total. The van der Waals surface area contributed by atoms with E-state index in [1.54, 1.807) is 0 Å². The first-order chi connectivity index (χ1) is 7.66. The fourth-order valence-corrected chi connectivity index (χ4v) is 2.45. The van der Waals surface area contributed by atoms with Gasteiger partial charge in [0.2, 0.25) is 0 Å². The van der Waals surface area contributed by atoms with E-state index in [2.05, 4.69) is 10.3 Å². The topological polar surface area (TPSA) is 71.2 Å². The zero-order valence-corrected chi connectivity index (χ0v) is 10.1. The Morgan fingerprint density at radius 3 is 2.88 bits per heavy atom. The molecule has 3 N–H and O–H groups in total. The number of likely N-dealkylation sites (tertiary alicyclic amines) is 1. The Bertz CT molecular complexity index is 371. The predicted molar refractivity (Wildman–Crippen MR) is 64.5 cm³/mol. The summed E-state index contributed by atoms with van der Waals surface area (Å²) >= 11 is 1.42. The molecule has 1 aromatic heterocycles. The van der Waals surface area contributed by atoms with E-state index in [1.165, 1.54) is 11.3 Å². The van der Waals surface area contributed by atoms with Crippen molar-refractivity contribution >= 4 is 22.5 Å². The lowest BCUT2D eigenvalue weighted by molar-refractivity contribution is 0.222. The van der Waals surface area contributed by atoms with Crippen LogP contribution < -0.4 is 11.1 Å². The number of rotatable bonds is 2. The molecule has 88 valence electrons. The normalized spacial score (nSPS) is 17.5. The molecule has 2 heterocycles. The van der Waals surface area contributed by atoms with Gasteiger partial charge in [-0.05, 0) is 19.8 Å². The Balaban J connectivity index is 1.95. The highest BCUT2D eigenvalue weighted by Gasteiger charge is 2.18. The molecule has 1 aliphatic heterocycles. The summed E-state index contributed by atoms with van der Waals surface area (Å²) in [6.45, 7) is 3.57. The van der Waals surface area contributed by atoms with Crippen molar-refractivity contribution in [3.63, 3.8) is 0 Å². The van der Waals surface area contributed by atoms with Crippen LogP contribution in [0.1, 0.15) is 31.5 Å². The number of carbonyl (C=O) groups excluding carboxylic acids is 1. The van der Waals surface area contributed by atoms with Crippen LogP contribution in [0, 0.1) is 0 Å². The molecular formula is C10H16N4OS. The van der Waals surface area contributed by atoms with Crippen LogP contribution in [0.15, 0.2) is 5.38 Å². The van der Waals surface area contributed by atoms with Crippen molar-refractivity contribution in [2.75, 3.05) is 18.4 Å². The quantitative estimate of drug-likeness (QED) is 0.828. The lowest BCUT2D eigenvalue weighted by Crippen LogP contribution is -2.32. The minimum atomic E-state index is -0.0892. The Hall–Kier alpha value is -1.14. The van der Waals surface area contributed by atoms with E-state index in [-0.39, 0.29) is 12.1 Å². The Morgan fingerprint density at radius 2 is 2.31 bits per heavy atom. The van der Waals surface area contributed by atoms with Crippen molar-refractivity contribution in [3.8, 4) is 0 Å². The first-order valence-corrected chi connectivity index (χ1v) is 6.31. The van der Waals surface area contributed by atoms with E-state index in [1.807, 2.05) is 17.2 Å². The predicted octanol–water partition coefficient (Wildman–Crippen LogP) is 1.79. The van der Waals surface area contributed by atoms with E-state index < -0.39 is 0 Å². The molecule has 0 aromatic carbocycles. The Kier molecular flexibility index (Phi) is 3.40. The Morgan fingerprint density at radius 1 is 1.62 bits per heavy atom. The lowest BCUT2D eigenvalue weighted by Gasteiger charge is -2.14. The maximum atomic E-state index is 11.7. The van der Waals surface area contributed by atoms with Gasteiger partial charge in [-0.3, -0.25) is 5.32 Å². The number of aromatic nitrogens is 1. The molecular weight excluding hydrogens is 224 g/mol. The van der Waals surface area contributed by atoms with Crippen molar-refractivity contribution in [1.29, 1.82) is 0 Å². The number of anilines is 1. The van der Waals surface area contributed by atoms with E-state index >= 15 is 0 Å². The average Bonchev–Trinajstić information content (AvgIpc) is 2.87. The van der Waals surface area contributed by atoms with Crippen LogP contribution in [-0.2, 0) is 0 Å². The van der Waals surface area contributed by atoms with Gasteiger partial charge >= 0.3 is 6.03 Å². The molecule has 6 heteroatoms. The molecule has 1 atom stereocenters. The first-order valence-electron chi connectivity index (χ1n) is 5.44. The summed E-state index contributed by atoms with van der Waals surface area (Å²) in [5.41, 5.74) is 6.52. The second kappa shape index (κ2) is 4.80. The van der Waals surface area contributed by atoms with Crippen LogP contribution >= 0.6 is 11.3 Å². The SMILES string of the molecule is CC(N)c1csc(NC(=O)N2CCCC2)n1. The van der Waals surface area contributed by atoms with Crippen molar-refractivity contribution in [3.05, 3.63) is 11.1 Å². The molecule has 1 fully saturated rings. The minimum Gasteiger partial charge on any atom is -0.324 e. The molecule has 1 unspecified atom stereocenters. The highest BCUT2D eigenvalue weighted by Crippen LogP contribution is 2.20. The number of nitrogens with zero attached hydrogens (tertiary/aromatic N) is 2. The second-order valence-electron chi connectivity index (χ2n) is 3.99. The molecule has 2 amide bonds. The third-order valence-electron chi connectivity index (χ3n) is 2.60. The van der Waals surface area contributed by atoms with Gasteiger partial charge in [0.25, 0.3) is 0 Å². The van der Waals surface area contributed by atoms with Gasteiger partial charge in [0, 0.05) is 24.5 Å². The summed E-state index contributed by atoms with van der Waals surface area (Å²) < 4.78 is 0. The minimum absolute atomic E-state index is 0.0527. The summed E-state index contributed by atoms with van der Waals surface area (Å²) in [5, 5.41) is 5.31. The fraction of sp³-hybridized carbons (Fsp3) is 0.600. The standard InChI is InChI=1S/C10H16N4OS/c1-7(11)8-6-16-9(12-8)13-10(15)14-4-2-3-5-14/h6-7H,2-5,11H2,1H3,(H,12,13,15). The number of nitrogens with one attached hydrogen (secondary N) is 1. The zero-order valence-electron chi connectivity index (χ0n) is 9.27. The van der Waals surface area contributed by atoms with Gasteiger partial charge < -0.3 is 10.6 Å². The summed E-state index contributed by atoms with van der Waals surface area (Å²) in [5.74, 6) is 0. The summed E-state index contributed by atoms with van der Waals surface area (Å²) in [6, 6.07) is -0.142. The number of amides is 2. The van der Waals surface area contributed by atoms with Gasteiger partial charge in [-0.1, -0.05) is 0 Å². The van der Waals surface area contributed by atoms with Crippen molar-refractivity contribution in [2.45, 2.75) is 25.8 Å². The zero-order chi connectivity index (χ0) is 11.5. The molecule has 0 saturated carbocycles. The van der Waals surface area contributed by atoms with Gasteiger partial charge in [-0.15, -0.1) is 11.3 Å². The summed E-state index contributed by atoms with van der Waals surface area (Å²) in [4.78, 5) is 17.8. The first kappa shape index (κ1) is 11.3. The van der Waals surface area contributed by atoms with Crippen LogP contribution in [0.4, 0.5) is 9.93 Å². The van der Waals surface area contributed by atoms with Gasteiger partial charge in [0.1, 0.15) is 0 Å². The molecule has 0 spiro atoms. The van der Waals surface area contributed by atoms with Gasteiger partial charge in [-0.25, -0.2) is 9.78 Å². The van der Waals surface area contributed by atoms with Crippen molar-refractivity contribution < 1.29 is 4.79 Å². The lowest BCUT2D eigenvalue weighted by atomic mass is 10.3. The van der Waals surface area contributed by atoms with E-state index in [0.717, 1.165) is 31.6 Å². The maximum Gasteiger partial charge on any atom is 0.323 e. The average molecular weight is 240 g/mol. The second-order valence-corrected chi connectivity index (χ2v) is 4.85. The third-order valence-corrected chi connectivity index (χ3v) is 3.37. The molecule has 2 rings (SSSR count). The molecule has 16 heavy (non-hydrogen) atoms. The van der Waals surface area contributed by atoms with E-state index in [0.29, 0.717) is 5.13 Å². The van der Waals surface area contributed by atoms with Crippen LogP contribution in [0.25, 0.3) is 0 Å². The molecule has 1 aliphatic rings. The third kappa shape index (κ3) is 2.51. The molecule has 1 saturated heterocycles. The monoisotopic (exact) mass is 240 g/mol. The van der Waals surface area contributed by atoms with Gasteiger partial charge in [-0.2, -0.15) is 0 Å². The smallest absolute Gasteiger partial charge is 0.323 e. The van der Waals surface area contributed by atoms with Crippen molar-refractivity contribution in [2.24, 2.45) is 5.73 Å².